The summed E-state index contributed by atoms with van der Waals surface area (Å²) >= 11 is 12.2. The van der Waals surface area contributed by atoms with Gasteiger partial charge in [0, 0.05) is 40.8 Å². The second kappa shape index (κ2) is 14.8. The van der Waals surface area contributed by atoms with E-state index in [1.165, 1.54) is 0 Å². The van der Waals surface area contributed by atoms with Crippen LogP contribution in [0.1, 0.15) is 36.9 Å². The number of carbonyl (C=O) groups excluding carboxylic acids is 2. The predicted octanol–water partition coefficient (Wildman–Crippen LogP) is 6.48. The number of hydrogen-bond acceptors (Lipinski definition) is 7. The van der Waals surface area contributed by atoms with Gasteiger partial charge in [-0.1, -0.05) is 41.4 Å². The molecule has 4 rings (SSSR count). The molecule has 1 heterocycles. The number of anilines is 1. The number of aliphatic hydroxyl groups is 1. The van der Waals surface area contributed by atoms with Gasteiger partial charge in [-0.2, -0.15) is 0 Å². The monoisotopic (exact) mass is 613 g/mol. The molecule has 1 aliphatic rings. The third kappa shape index (κ3) is 8.55. The summed E-state index contributed by atoms with van der Waals surface area (Å²) in [6.07, 6.45) is 1.02. The molecule has 9 nitrogen and oxygen atoms in total. The number of rotatable bonds is 10. The van der Waals surface area contributed by atoms with Gasteiger partial charge in [0.25, 0.3) is 0 Å². The van der Waals surface area contributed by atoms with Gasteiger partial charge in [0.2, 0.25) is 0 Å². The summed E-state index contributed by atoms with van der Waals surface area (Å²) in [6, 6.07) is 18.9. The predicted molar refractivity (Wildman–Crippen MR) is 163 cm³/mol. The Labute approximate surface area is 254 Å². The molecule has 2 atom stereocenters. The minimum absolute atomic E-state index is 0.0660. The van der Waals surface area contributed by atoms with Crippen LogP contribution in [0.5, 0.6) is 11.5 Å². The fourth-order valence-electron chi connectivity index (χ4n) is 4.48. The van der Waals surface area contributed by atoms with Crippen LogP contribution in [0, 0.1) is 0 Å². The maximum absolute atomic E-state index is 13.3. The van der Waals surface area contributed by atoms with Crippen LogP contribution < -0.4 is 20.5 Å². The first-order valence-electron chi connectivity index (χ1n) is 13.5. The molecule has 0 saturated heterocycles. The molecular formula is C31H33Cl2N3O6. The van der Waals surface area contributed by atoms with E-state index in [1.54, 1.807) is 60.4 Å². The zero-order valence-corrected chi connectivity index (χ0v) is 24.6. The summed E-state index contributed by atoms with van der Waals surface area (Å²) in [6.45, 7) is 2.67. The molecule has 1 unspecified atom stereocenters. The molecule has 3 aromatic carbocycles. The molecule has 0 bridgehead atoms. The number of nitrogen functional groups attached to an aromatic ring is 1. The Morgan fingerprint density at radius 3 is 2.45 bits per heavy atom. The van der Waals surface area contributed by atoms with E-state index in [0.717, 1.165) is 16.7 Å². The van der Waals surface area contributed by atoms with Gasteiger partial charge in [-0.05, 0) is 79.1 Å². The molecule has 42 heavy (non-hydrogen) atoms. The molecule has 0 fully saturated rings. The molecule has 3 aromatic rings. The minimum Gasteiger partial charge on any atom is -0.493 e. The van der Waals surface area contributed by atoms with Gasteiger partial charge < -0.3 is 30.4 Å². The van der Waals surface area contributed by atoms with Crippen molar-refractivity contribution in [1.29, 1.82) is 0 Å². The number of aliphatic hydroxyl groups excluding tert-OH is 1. The van der Waals surface area contributed by atoms with E-state index >= 15 is 0 Å². The van der Waals surface area contributed by atoms with Crippen molar-refractivity contribution in [2.24, 2.45) is 0 Å². The smallest absolute Gasteiger partial charge is 0.416 e. The summed E-state index contributed by atoms with van der Waals surface area (Å²) in [5.41, 5.74) is 9.51. The first-order valence-corrected chi connectivity index (χ1v) is 14.3. The van der Waals surface area contributed by atoms with Crippen molar-refractivity contribution in [3.05, 3.63) is 94.0 Å². The minimum atomic E-state index is -0.779. The Balaban J connectivity index is 1.48. The molecule has 1 aliphatic heterocycles. The lowest BCUT2D eigenvalue weighted by Gasteiger charge is -2.34. The SMILES string of the molecule is CCOC(=O)NCC(O)CCOc1ccc([C@H]2C=C(c3cc(Cl)ccc3N)CCN2C(=O)Oc2ccc(Cl)cc2)cc1. The fraction of sp³-hybridized carbons (Fsp3) is 0.290. The van der Waals surface area contributed by atoms with Gasteiger partial charge in [-0.15, -0.1) is 0 Å². The van der Waals surface area contributed by atoms with Crippen LogP contribution in [0.4, 0.5) is 15.3 Å². The number of alkyl carbamates (subject to hydrolysis) is 1. The number of ether oxygens (including phenoxy) is 3. The second-order valence-electron chi connectivity index (χ2n) is 9.59. The van der Waals surface area contributed by atoms with Crippen LogP contribution in [0.2, 0.25) is 10.0 Å². The van der Waals surface area contributed by atoms with Crippen molar-refractivity contribution in [3.8, 4) is 11.5 Å². The Morgan fingerprint density at radius 2 is 1.74 bits per heavy atom. The maximum Gasteiger partial charge on any atom is 0.416 e. The van der Waals surface area contributed by atoms with Crippen LogP contribution in [-0.2, 0) is 4.74 Å². The molecule has 0 spiro atoms. The average Bonchev–Trinajstić information content (AvgIpc) is 2.99. The molecule has 0 saturated carbocycles. The lowest BCUT2D eigenvalue weighted by atomic mass is 9.91. The van der Waals surface area contributed by atoms with E-state index in [1.807, 2.05) is 24.3 Å². The second-order valence-corrected chi connectivity index (χ2v) is 10.5. The lowest BCUT2D eigenvalue weighted by Crippen LogP contribution is -2.39. The molecule has 4 N–H and O–H groups in total. The van der Waals surface area contributed by atoms with Gasteiger partial charge >= 0.3 is 12.2 Å². The molecule has 11 heteroatoms. The summed E-state index contributed by atoms with van der Waals surface area (Å²) in [4.78, 5) is 26.3. The van der Waals surface area contributed by atoms with Crippen molar-refractivity contribution < 1.29 is 28.9 Å². The van der Waals surface area contributed by atoms with E-state index < -0.39 is 24.3 Å². The van der Waals surface area contributed by atoms with E-state index in [9.17, 15) is 14.7 Å². The van der Waals surface area contributed by atoms with Crippen molar-refractivity contribution in [2.45, 2.75) is 31.9 Å². The summed E-state index contributed by atoms with van der Waals surface area (Å²) in [5.74, 6) is 0.985. The highest BCUT2D eigenvalue weighted by molar-refractivity contribution is 6.31. The molecular weight excluding hydrogens is 581 g/mol. The van der Waals surface area contributed by atoms with E-state index in [4.69, 9.17) is 43.1 Å². The van der Waals surface area contributed by atoms with Crippen molar-refractivity contribution in [1.82, 2.24) is 10.2 Å². The summed E-state index contributed by atoms with van der Waals surface area (Å²) in [5, 5.41) is 13.7. The van der Waals surface area contributed by atoms with Crippen LogP contribution in [-0.4, -0.2) is 54.6 Å². The van der Waals surface area contributed by atoms with Crippen LogP contribution in [0.15, 0.2) is 72.8 Å². The van der Waals surface area contributed by atoms with Crippen molar-refractivity contribution in [3.63, 3.8) is 0 Å². The number of halogens is 2. The highest BCUT2D eigenvalue weighted by atomic mass is 35.5. The van der Waals surface area contributed by atoms with E-state index in [0.29, 0.717) is 46.6 Å². The Kier molecular flexibility index (Phi) is 10.9. The van der Waals surface area contributed by atoms with Gasteiger partial charge in [0.15, 0.2) is 0 Å². The van der Waals surface area contributed by atoms with Crippen LogP contribution in [0.25, 0.3) is 5.57 Å². The first-order chi connectivity index (χ1) is 20.2. The molecule has 222 valence electrons. The zero-order valence-electron chi connectivity index (χ0n) is 23.1. The highest BCUT2D eigenvalue weighted by Crippen LogP contribution is 2.37. The Bertz CT molecular complexity index is 1400. The van der Waals surface area contributed by atoms with Crippen LogP contribution in [0.3, 0.4) is 0 Å². The molecule has 0 aromatic heterocycles. The van der Waals surface area contributed by atoms with Gasteiger partial charge in [-0.25, -0.2) is 9.59 Å². The maximum atomic E-state index is 13.3. The normalized spacial score (nSPS) is 15.4. The third-order valence-corrected chi connectivity index (χ3v) is 7.12. The first kappa shape index (κ1) is 31.0. The Morgan fingerprint density at radius 1 is 1.05 bits per heavy atom. The number of amides is 2. The topological polar surface area (TPSA) is 123 Å². The molecule has 2 amide bonds. The Hall–Kier alpha value is -3.92. The van der Waals surface area contributed by atoms with Crippen molar-refractivity contribution in [2.75, 3.05) is 32.0 Å². The van der Waals surface area contributed by atoms with Gasteiger partial charge in [-0.3, -0.25) is 4.90 Å². The molecule has 0 radical (unpaired) electrons. The van der Waals surface area contributed by atoms with E-state index in [-0.39, 0.29) is 19.8 Å². The fourth-order valence-corrected chi connectivity index (χ4v) is 4.78. The number of nitrogens with zero attached hydrogens (tertiary/aromatic N) is 1. The largest absolute Gasteiger partial charge is 0.493 e. The number of hydrogen-bond donors (Lipinski definition) is 3. The summed E-state index contributed by atoms with van der Waals surface area (Å²) in [7, 11) is 0. The quantitative estimate of drug-likeness (QED) is 0.223. The molecule has 0 aliphatic carbocycles. The number of benzene rings is 3. The zero-order chi connectivity index (χ0) is 30.1. The van der Waals surface area contributed by atoms with Crippen LogP contribution >= 0.6 is 23.2 Å². The lowest BCUT2D eigenvalue weighted by molar-refractivity contribution is 0.120. The average molecular weight is 615 g/mol. The highest BCUT2D eigenvalue weighted by Gasteiger charge is 2.30. The third-order valence-electron chi connectivity index (χ3n) is 6.63. The number of nitrogens with one attached hydrogen (secondary N) is 1. The number of carbonyl (C=O) groups is 2. The van der Waals surface area contributed by atoms with Gasteiger partial charge in [0.05, 0.1) is 25.4 Å². The number of nitrogens with two attached hydrogens (primary N) is 1. The van der Waals surface area contributed by atoms with E-state index in [2.05, 4.69) is 5.32 Å². The van der Waals surface area contributed by atoms with Gasteiger partial charge in [0.1, 0.15) is 11.5 Å². The van der Waals surface area contributed by atoms with Crippen molar-refractivity contribution >= 4 is 46.6 Å². The standard InChI is InChI=1S/C31H33Cl2N3O6/c1-2-40-30(38)35-19-24(37)14-16-41-25-8-3-20(4-9-25)29-17-21(27-18-23(33)7-12-28(27)34)13-15-36(29)31(39)42-26-10-5-22(32)6-11-26/h3-12,17-18,24,29,37H,2,13-16,19,34H2,1H3,(H,35,38)/t24?,29-/m1/s1. The summed E-state index contributed by atoms with van der Waals surface area (Å²) < 4.78 is 16.2.